The molecule has 4 aliphatic rings. The lowest BCUT2D eigenvalue weighted by Gasteiger charge is -2.21. The largest absolute Gasteiger partial charge is 0.485 e. The van der Waals surface area contributed by atoms with Crippen molar-refractivity contribution in [3.05, 3.63) is 23.8 Å². The summed E-state index contributed by atoms with van der Waals surface area (Å²) in [5, 5.41) is 4.22. The second kappa shape index (κ2) is 8.84. The summed E-state index contributed by atoms with van der Waals surface area (Å²) >= 11 is 0. The molecule has 2 atom stereocenters. The zero-order chi connectivity index (χ0) is 22.1. The van der Waals surface area contributed by atoms with Crippen LogP contribution < -0.4 is 9.47 Å². The van der Waals surface area contributed by atoms with E-state index in [4.69, 9.17) is 19.0 Å². The SMILES string of the molecule is O=C(C1CCCC1)N1CC[C@H](Oc2cc(C3=NOC4(CCOC4)C3)ccc2OC(F)F)C1. The number of amides is 1. The Morgan fingerprint density at radius 2 is 2.06 bits per heavy atom. The van der Waals surface area contributed by atoms with Gasteiger partial charge in [0.25, 0.3) is 0 Å². The Balaban J connectivity index is 1.29. The molecule has 1 amide bonds. The topological polar surface area (TPSA) is 69.6 Å². The molecule has 2 saturated heterocycles. The van der Waals surface area contributed by atoms with Gasteiger partial charge in [-0.25, -0.2) is 0 Å². The summed E-state index contributed by atoms with van der Waals surface area (Å²) in [7, 11) is 0. The fourth-order valence-corrected chi connectivity index (χ4v) is 5.08. The zero-order valence-corrected chi connectivity index (χ0v) is 17.9. The van der Waals surface area contributed by atoms with E-state index in [1.54, 1.807) is 12.1 Å². The van der Waals surface area contributed by atoms with E-state index in [1.165, 1.54) is 6.07 Å². The molecule has 3 fully saturated rings. The predicted molar refractivity (Wildman–Crippen MR) is 111 cm³/mol. The van der Waals surface area contributed by atoms with Crippen molar-refractivity contribution >= 4 is 11.6 Å². The van der Waals surface area contributed by atoms with Gasteiger partial charge < -0.3 is 23.9 Å². The van der Waals surface area contributed by atoms with Gasteiger partial charge in [0.2, 0.25) is 5.91 Å². The number of carbonyl (C=O) groups is 1. The van der Waals surface area contributed by atoms with Crippen LogP contribution in [0.4, 0.5) is 8.78 Å². The van der Waals surface area contributed by atoms with Gasteiger partial charge in [0.1, 0.15) is 6.10 Å². The third-order valence-corrected chi connectivity index (χ3v) is 6.85. The summed E-state index contributed by atoms with van der Waals surface area (Å²) in [6.07, 6.45) is 5.85. The highest BCUT2D eigenvalue weighted by atomic mass is 19.3. The number of rotatable bonds is 6. The van der Waals surface area contributed by atoms with E-state index < -0.39 is 12.2 Å². The Hall–Kier alpha value is -2.42. The predicted octanol–water partition coefficient (Wildman–Crippen LogP) is 3.74. The lowest BCUT2D eigenvalue weighted by molar-refractivity contribution is -0.134. The Morgan fingerprint density at radius 3 is 2.81 bits per heavy atom. The highest BCUT2D eigenvalue weighted by Gasteiger charge is 2.43. The molecular weight excluding hydrogens is 422 g/mol. The highest BCUT2D eigenvalue weighted by Crippen LogP contribution is 2.37. The van der Waals surface area contributed by atoms with E-state index in [0.717, 1.165) is 43.4 Å². The van der Waals surface area contributed by atoms with Gasteiger partial charge in [-0.05, 0) is 31.0 Å². The Morgan fingerprint density at radius 1 is 1.22 bits per heavy atom. The molecule has 1 aromatic carbocycles. The van der Waals surface area contributed by atoms with Crippen molar-refractivity contribution < 1.29 is 32.6 Å². The molecule has 5 rings (SSSR count). The fourth-order valence-electron chi connectivity index (χ4n) is 5.08. The molecular formula is C23H28F2N2O5. The molecule has 0 bridgehead atoms. The average Bonchev–Trinajstić information content (AvgIpc) is 3.58. The van der Waals surface area contributed by atoms with Crippen molar-refractivity contribution in [2.24, 2.45) is 11.1 Å². The van der Waals surface area contributed by atoms with Crippen molar-refractivity contribution in [1.29, 1.82) is 0 Å². The molecule has 0 aromatic heterocycles. The smallest absolute Gasteiger partial charge is 0.387 e. The minimum Gasteiger partial charge on any atom is -0.485 e. The van der Waals surface area contributed by atoms with Crippen LogP contribution in [0, 0.1) is 5.92 Å². The number of likely N-dealkylation sites (tertiary alicyclic amines) is 1. The second-order valence-electron chi connectivity index (χ2n) is 9.13. The summed E-state index contributed by atoms with van der Waals surface area (Å²) in [5.74, 6) is 0.507. The molecule has 1 aliphatic carbocycles. The van der Waals surface area contributed by atoms with Crippen LogP contribution in [0.3, 0.4) is 0 Å². The minimum absolute atomic E-state index is 0.0252. The Labute approximate surface area is 185 Å². The van der Waals surface area contributed by atoms with Crippen LogP contribution in [0.2, 0.25) is 0 Å². The van der Waals surface area contributed by atoms with Gasteiger partial charge in [0, 0.05) is 37.3 Å². The highest BCUT2D eigenvalue weighted by molar-refractivity contribution is 6.02. The third-order valence-electron chi connectivity index (χ3n) is 6.85. The molecule has 1 saturated carbocycles. The maximum absolute atomic E-state index is 13.0. The van der Waals surface area contributed by atoms with Crippen molar-refractivity contribution in [3.63, 3.8) is 0 Å². The monoisotopic (exact) mass is 450 g/mol. The third kappa shape index (κ3) is 4.40. The molecule has 0 radical (unpaired) electrons. The second-order valence-corrected chi connectivity index (χ2v) is 9.13. The summed E-state index contributed by atoms with van der Waals surface area (Å²) < 4.78 is 42.2. The van der Waals surface area contributed by atoms with Crippen molar-refractivity contribution in [2.45, 2.75) is 63.3 Å². The molecule has 3 heterocycles. The molecule has 9 heteroatoms. The average molecular weight is 450 g/mol. The first-order valence-electron chi connectivity index (χ1n) is 11.4. The van der Waals surface area contributed by atoms with E-state index in [9.17, 15) is 13.6 Å². The van der Waals surface area contributed by atoms with E-state index in [-0.39, 0.29) is 29.4 Å². The summed E-state index contributed by atoms with van der Waals surface area (Å²) in [6.45, 7) is -0.761. The van der Waals surface area contributed by atoms with Gasteiger partial charge in [-0.15, -0.1) is 0 Å². The molecule has 174 valence electrons. The van der Waals surface area contributed by atoms with Crippen LogP contribution in [0.5, 0.6) is 11.5 Å². The summed E-state index contributed by atoms with van der Waals surface area (Å²) in [5.41, 5.74) is 1.04. The van der Waals surface area contributed by atoms with Crippen molar-refractivity contribution in [1.82, 2.24) is 4.90 Å². The number of oxime groups is 1. The summed E-state index contributed by atoms with van der Waals surface area (Å²) in [4.78, 5) is 20.2. The van der Waals surface area contributed by atoms with Gasteiger partial charge in [0.15, 0.2) is 17.1 Å². The maximum atomic E-state index is 13.0. The maximum Gasteiger partial charge on any atom is 0.387 e. The number of ether oxygens (including phenoxy) is 3. The number of benzene rings is 1. The number of nitrogens with zero attached hydrogens (tertiary/aromatic N) is 2. The van der Waals surface area contributed by atoms with Crippen LogP contribution in [-0.4, -0.2) is 61.1 Å². The molecule has 0 N–H and O–H groups in total. The van der Waals surface area contributed by atoms with Crippen LogP contribution >= 0.6 is 0 Å². The van der Waals surface area contributed by atoms with E-state index >= 15 is 0 Å². The van der Waals surface area contributed by atoms with Crippen molar-refractivity contribution in [2.75, 3.05) is 26.3 Å². The number of alkyl halides is 2. The number of carbonyl (C=O) groups excluding carboxylic acids is 1. The van der Waals surface area contributed by atoms with Crippen molar-refractivity contribution in [3.8, 4) is 11.5 Å². The molecule has 3 aliphatic heterocycles. The Kier molecular flexibility index (Phi) is 5.92. The molecule has 1 spiro atoms. The fraction of sp³-hybridized carbons (Fsp3) is 0.652. The lowest BCUT2D eigenvalue weighted by atomic mass is 9.93. The Bertz CT molecular complexity index is 881. The van der Waals surface area contributed by atoms with Gasteiger partial charge in [-0.1, -0.05) is 18.0 Å². The summed E-state index contributed by atoms with van der Waals surface area (Å²) in [6, 6.07) is 4.84. The molecule has 7 nitrogen and oxygen atoms in total. The lowest BCUT2D eigenvalue weighted by Crippen LogP contribution is -2.34. The zero-order valence-electron chi connectivity index (χ0n) is 17.9. The first-order valence-corrected chi connectivity index (χ1v) is 11.4. The van der Waals surface area contributed by atoms with Gasteiger partial charge >= 0.3 is 6.61 Å². The molecule has 1 aromatic rings. The molecule has 1 unspecified atom stereocenters. The van der Waals surface area contributed by atoms with Gasteiger partial charge in [-0.3, -0.25) is 4.79 Å². The standard InChI is InChI=1S/C23H28F2N2O5/c24-22(25)31-19-6-5-16(18-12-23(32-26-18)8-10-29-14-23)11-20(19)30-17-7-9-27(13-17)21(28)15-3-1-2-4-15/h5-6,11,15,17,22H,1-4,7-10,12-14H2/t17-,23?/m0/s1. The number of hydrogen-bond acceptors (Lipinski definition) is 6. The van der Waals surface area contributed by atoms with E-state index in [0.29, 0.717) is 39.1 Å². The molecule has 32 heavy (non-hydrogen) atoms. The minimum atomic E-state index is -2.96. The quantitative estimate of drug-likeness (QED) is 0.661. The van der Waals surface area contributed by atoms with E-state index in [1.807, 2.05) is 4.90 Å². The first-order chi connectivity index (χ1) is 15.5. The normalized spacial score (nSPS) is 27.9. The van der Waals surface area contributed by atoms with E-state index in [2.05, 4.69) is 5.16 Å². The van der Waals surface area contributed by atoms with Crippen LogP contribution in [-0.2, 0) is 14.4 Å². The number of halogens is 2. The van der Waals surface area contributed by atoms with Gasteiger partial charge in [0.05, 0.1) is 25.5 Å². The van der Waals surface area contributed by atoms with Gasteiger partial charge in [-0.2, -0.15) is 8.78 Å². The van der Waals surface area contributed by atoms with Crippen LogP contribution in [0.1, 0.15) is 50.5 Å². The van der Waals surface area contributed by atoms with Crippen LogP contribution in [0.15, 0.2) is 23.4 Å². The van der Waals surface area contributed by atoms with Crippen LogP contribution in [0.25, 0.3) is 0 Å². The first kappa shape index (κ1) is 21.4. The number of hydrogen-bond donors (Lipinski definition) is 0.